The van der Waals surface area contributed by atoms with E-state index in [1.165, 1.54) is 0 Å². The monoisotopic (exact) mass is 799 g/mol. The lowest BCUT2D eigenvalue weighted by atomic mass is 9.87. The zero-order valence-electron chi connectivity index (χ0n) is 32.6. The highest BCUT2D eigenvalue weighted by atomic mass is 16.5. The minimum atomic E-state index is -1.04. The standard InChI is InChI=1S/C43H45N9O7/c1-49(25-21-45-31-9-5-8-30-36(31)43(58)51(42(30)57)33-14-15-34(53)47-41(33)56)22-19-35(54)50-23-17-26(18-24-50)32-16-20-46-40-37(39(44)55)38(48-52(32)40)27-10-12-29(13-11-27)59-28-6-3-2-4-7-28/h2-13,19,22,26,32-33,45-46H,14-18,20-21,23-25H2,1H3,(H2,44,55)(H,47,53,56). The number of carbonyl (C=O) groups is 6. The molecule has 6 amide bonds. The Bertz CT molecular complexity index is 2330. The predicted octanol–water partition coefficient (Wildman–Crippen LogP) is 4.00. The van der Waals surface area contributed by atoms with Crippen LogP contribution in [0.2, 0.25) is 0 Å². The summed E-state index contributed by atoms with van der Waals surface area (Å²) in [7, 11) is 1.84. The van der Waals surface area contributed by atoms with Crippen molar-refractivity contribution in [2.24, 2.45) is 11.7 Å². The van der Waals surface area contributed by atoms with Gasteiger partial charge in [-0.1, -0.05) is 24.3 Å². The Hall–Kier alpha value is -6.97. The van der Waals surface area contributed by atoms with E-state index in [0.717, 1.165) is 35.5 Å². The Kier molecular flexibility index (Phi) is 10.9. The van der Waals surface area contributed by atoms with Crippen LogP contribution < -0.4 is 26.4 Å². The van der Waals surface area contributed by atoms with Gasteiger partial charge in [0.2, 0.25) is 17.7 Å². The number of likely N-dealkylation sites (tertiary alicyclic amines) is 1. The molecule has 5 N–H and O–H groups in total. The number of ether oxygens (including phenoxy) is 1. The Labute approximate surface area is 340 Å². The van der Waals surface area contributed by atoms with Crippen LogP contribution in [0.3, 0.4) is 0 Å². The maximum atomic E-state index is 13.4. The topological polar surface area (TPSA) is 201 Å². The van der Waals surface area contributed by atoms with Crippen LogP contribution >= 0.6 is 0 Å². The molecule has 4 aliphatic rings. The molecule has 0 spiro atoms. The van der Waals surface area contributed by atoms with Crippen molar-refractivity contribution < 1.29 is 33.5 Å². The van der Waals surface area contributed by atoms with Crippen molar-refractivity contribution in [3.05, 3.63) is 102 Å². The van der Waals surface area contributed by atoms with Crippen molar-refractivity contribution in [2.75, 3.05) is 50.4 Å². The van der Waals surface area contributed by atoms with Gasteiger partial charge in [-0.15, -0.1) is 0 Å². The Morgan fingerprint density at radius 2 is 1.68 bits per heavy atom. The number of hydrogen-bond donors (Lipinski definition) is 4. The van der Waals surface area contributed by atoms with Crippen LogP contribution in [0.1, 0.15) is 69.2 Å². The molecule has 0 saturated carbocycles. The highest BCUT2D eigenvalue weighted by Gasteiger charge is 2.45. The summed E-state index contributed by atoms with van der Waals surface area (Å²) in [4.78, 5) is 81.4. The molecular weight excluding hydrogens is 755 g/mol. The van der Waals surface area contributed by atoms with Crippen LogP contribution in [0.25, 0.3) is 11.3 Å². The number of hydrogen-bond acceptors (Lipinski definition) is 11. The molecule has 2 unspecified atom stereocenters. The first-order valence-electron chi connectivity index (χ1n) is 19.8. The van der Waals surface area contributed by atoms with E-state index < -0.39 is 35.6 Å². The molecule has 2 atom stereocenters. The third kappa shape index (κ3) is 7.85. The highest BCUT2D eigenvalue weighted by Crippen LogP contribution is 2.40. The molecule has 4 aliphatic heterocycles. The number of primary amides is 1. The maximum absolute atomic E-state index is 13.4. The van der Waals surface area contributed by atoms with E-state index >= 15 is 0 Å². The lowest BCUT2D eigenvalue weighted by molar-refractivity contribution is -0.136. The molecule has 8 rings (SSSR count). The van der Waals surface area contributed by atoms with Gasteiger partial charge >= 0.3 is 0 Å². The number of amides is 6. The number of fused-ring (bicyclic) bond motifs is 2. The first-order valence-corrected chi connectivity index (χ1v) is 19.8. The number of anilines is 2. The maximum Gasteiger partial charge on any atom is 0.264 e. The molecule has 0 aliphatic carbocycles. The molecule has 59 heavy (non-hydrogen) atoms. The van der Waals surface area contributed by atoms with E-state index in [9.17, 15) is 28.8 Å². The summed E-state index contributed by atoms with van der Waals surface area (Å²) in [6.45, 7) is 2.72. The number of likely N-dealkylation sites (N-methyl/N-ethyl adjacent to an activating group) is 1. The molecule has 2 fully saturated rings. The van der Waals surface area contributed by atoms with E-state index in [-0.39, 0.29) is 41.8 Å². The number of nitrogens with zero attached hydrogens (tertiary/aromatic N) is 5. The fourth-order valence-electron chi connectivity index (χ4n) is 8.39. The minimum Gasteiger partial charge on any atom is -0.457 e. The second kappa shape index (κ2) is 16.5. The van der Waals surface area contributed by atoms with Crippen molar-refractivity contribution in [3.8, 4) is 22.8 Å². The van der Waals surface area contributed by atoms with Gasteiger partial charge in [-0.25, -0.2) is 4.68 Å². The number of benzene rings is 3. The van der Waals surface area contributed by atoms with Crippen LogP contribution in [0.5, 0.6) is 11.5 Å². The molecule has 1 aromatic heterocycles. The number of nitrogens with two attached hydrogens (primary N) is 1. The third-order valence-electron chi connectivity index (χ3n) is 11.4. The summed E-state index contributed by atoms with van der Waals surface area (Å²) in [5.74, 6) is -0.626. The normalized spacial score (nSPS) is 19.3. The number of rotatable bonds is 12. The lowest BCUT2D eigenvalue weighted by Gasteiger charge is -2.38. The average molecular weight is 800 g/mol. The summed E-state index contributed by atoms with van der Waals surface area (Å²) in [6, 6.07) is 20.8. The summed E-state index contributed by atoms with van der Waals surface area (Å²) < 4.78 is 7.87. The molecule has 2 saturated heterocycles. The molecule has 304 valence electrons. The molecule has 4 aromatic rings. The fraction of sp³-hybridized carbons (Fsp3) is 0.326. The first-order chi connectivity index (χ1) is 28.6. The van der Waals surface area contributed by atoms with Crippen LogP contribution in [-0.4, -0.2) is 106 Å². The van der Waals surface area contributed by atoms with Gasteiger partial charge in [-0.3, -0.25) is 39.0 Å². The Balaban J connectivity index is 0.846. The summed E-state index contributed by atoms with van der Waals surface area (Å²) in [5, 5.41) is 13.8. The molecule has 5 heterocycles. The molecule has 16 nitrogen and oxygen atoms in total. The molecular formula is C43H45N9O7. The molecule has 0 bridgehead atoms. The Morgan fingerprint density at radius 1 is 0.932 bits per heavy atom. The van der Waals surface area contributed by atoms with Gasteiger partial charge in [0.05, 0.1) is 17.2 Å². The number of piperidine rings is 2. The summed E-state index contributed by atoms with van der Waals surface area (Å²) in [6.07, 6.45) is 5.78. The van der Waals surface area contributed by atoms with E-state index in [0.29, 0.717) is 61.2 Å². The molecule has 16 heteroatoms. The van der Waals surface area contributed by atoms with Gasteiger partial charge in [0, 0.05) is 69.7 Å². The zero-order valence-corrected chi connectivity index (χ0v) is 32.6. The SMILES string of the molecule is CN(C=CC(=O)N1CCC(C2CCNc3c(C(N)=O)c(-c4ccc(Oc5ccccc5)cc4)nn32)CC1)CCNc1cccc2c1C(=O)N(C1CCC(=O)NC1=O)C2=O. The minimum absolute atomic E-state index is 0.0324. The van der Waals surface area contributed by atoms with Crippen molar-refractivity contribution >= 4 is 46.9 Å². The van der Waals surface area contributed by atoms with Crippen molar-refractivity contribution in [1.29, 1.82) is 0 Å². The quantitative estimate of drug-likeness (QED) is 0.119. The number of carbonyl (C=O) groups excluding carboxylic acids is 6. The van der Waals surface area contributed by atoms with Crippen molar-refractivity contribution in [1.82, 2.24) is 29.8 Å². The van der Waals surface area contributed by atoms with Crippen LogP contribution in [0, 0.1) is 5.92 Å². The number of para-hydroxylation sites is 1. The number of aromatic nitrogens is 2. The van der Waals surface area contributed by atoms with Gasteiger partial charge in [-0.05, 0) is 80.1 Å². The average Bonchev–Trinajstić information content (AvgIpc) is 3.76. The van der Waals surface area contributed by atoms with Gasteiger partial charge in [0.25, 0.3) is 17.7 Å². The van der Waals surface area contributed by atoms with Gasteiger partial charge in [0.15, 0.2) is 0 Å². The number of nitrogens with one attached hydrogen (secondary N) is 3. The van der Waals surface area contributed by atoms with E-state index in [1.54, 1.807) is 30.5 Å². The second-order valence-electron chi connectivity index (χ2n) is 15.2. The summed E-state index contributed by atoms with van der Waals surface area (Å²) >= 11 is 0. The van der Waals surface area contributed by atoms with Gasteiger partial charge in [0.1, 0.15) is 34.6 Å². The second-order valence-corrected chi connectivity index (χ2v) is 15.2. The van der Waals surface area contributed by atoms with E-state index in [4.69, 9.17) is 15.6 Å². The fourth-order valence-corrected chi connectivity index (χ4v) is 8.39. The van der Waals surface area contributed by atoms with Gasteiger partial charge in [-0.2, -0.15) is 5.10 Å². The largest absolute Gasteiger partial charge is 0.457 e. The third-order valence-corrected chi connectivity index (χ3v) is 11.4. The summed E-state index contributed by atoms with van der Waals surface area (Å²) in [5.41, 5.74) is 8.43. The zero-order chi connectivity index (χ0) is 41.2. The van der Waals surface area contributed by atoms with Gasteiger partial charge < -0.3 is 30.9 Å². The van der Waals surface area contributed by atoms with Crippen molar-refractivity contribution in [2.45, 2.75) is 44.2 Å². The van der Waals surface area contributed by atoms with E-state index in [2.05, 4.69) is 16.0 Å². The lowest BCUT2D eigenvalue weighted by Crippen LogP contribution is -2.54. The number of imide groups is 2. The molecule has 0 radical (unpaired) electrons. The Morgan fingerprint density at radius 3 is 2.41 bits per heavy atom. The predicted molar refractivity (Wildman–Crippen MR) is 218 cm³/mol. The van der Waals surface area contributed by atoms with Crippen LogP contribution in [0.4, 0.5) is 11.5 Å². The van der Waals surface area contributed by atoms with Crippen LogP contribution in [-0.2, 0) is 14.4 Å². The van der Waals surface area contributed by atoms with Crippen LogP contribution in [0.15, 0.2) is 85.1 Å². The van der Waals surface area contributed by atoms with E-state index in [1.807, 2.05) is 76.1 Å². The van der Waals surface area contributed by atoms with Crippen molar-refractivity contribution in [3.63, 3.8) is 0 Å². The molecule has 3 aromatic carbocycles. The highest BCUT2D eigenvalue weighted by molar-refractivity contribution is 6.25. The first kappa shape index (κ1) is 38.9. The smallest absolute Gasteiger partial charge is 0.264 e.